The highest BCUT2D eigenvalue weighted by Crippen LogP contribution is 2.26. The number of nitrogens with zero attached hydrogens (tertiary/aromatic N) is 3. The molecule has 0 atom stereocenters. The van der Waals surface area contributed by atoms with Crippen LogP contribution in [0.5, 0.6) is 0 Å². The molecule has 2 aromatic carbocycles. The first-order valence-electron chi connectivity index (χ1n) is 8.65. The Morgan fingerprint density at radius 3 is 2.69 bits per heavy atom. The minimum atomic E-state index is 0.789. The topological polar surface area (TPSA) is 42.2 Å². The summed E-state index contributed by atoms with van der Waals surface area (Å²) in [7, 11) is 0. The predicted molar refractivity (Wildman–Crippen MR) is 111 cm³/mol. The molecule has 4 nitrogen and oxygen atoms in total. The summed E-state index contributed by atoms with van der Waals surface area (Å²) in [5.74, 6) is 0. The fourth-order valence-corrected chi connectivity index (χ4v) is 3.92. The van der Waals surface area contributed by atoms with Crippen LogP contribution in [0.2, 0.25) is 0 Å². The highest BCUT2D eigenvalue weighted by molar-refractivity contribution is 7.14. The molecule has 0 spiro atoms. The zero-order valence-corrected chi connectivity index (χ0v) is 15.6. The highest BCUT2D eigenvalue weighted by Gasteiger charge is 2.11. The molecule has 0 saturated heterocycles. The van der Waals surface area contributed by atoms with Crippen molar-refractivity contribution in [1.29, 1.82) is 0 Å². The zero-order chi connectivity index (χ0) is 17.9. The van der Waals surface area contributed by atoms with Crippen molar-refractivity contribution in [3.05, 3.63) is 71.2 Å². The third-order valence-electron chi connectivity index (χ3n) is 4.52. The number of hydrogen-bond acceptors (Lipinski definition) is 4. The van der Waals surface area contributed by atoms with E-state index >= 15 is 0 Å². The molecule has 0 saturated carbocycles. The van der Waals surface area contributed by atoms with Gasteiger partial charge in [-0.15, -0.1) is 11.3 Å². The van der Waals surface area contributed by atoms with Gasteiger partial charge in [-0.05, 0) is 19.9 Å². The van der Waals surface area contributed by atoms with Gasteiger partial charge in [0.25, 0.3) is 0 Å². The highest BCUT2D eigenvalue weighted by atomic mass is 32.1. The SMILES string of the molecule is CCn1c(C)c(/C=N\Nc2nc(-c3ccccc3)cs2)c2ccccc21. The number of aryl methyl sites for hydroxylation is 1. The third kappa shape index (κ3) is 3.02. The molecule has 0 aliphatic carbocycles. The Labute approximate surface area is 156 Å². The van der Waals surface area contributed by atoms with Crippen LogP contribution in [0.3, 0.4) is 0 Å². The van der Waals surface area contributed by atoms with Gasteiger partial charge in [-0.1, -0.05) is 48.5 Å². The first-order chi connectivity index (χ1) is 12.8. The second-order valence-corrected chi connectivity index (χ2v) is 6.89. The minimum Gasteiger partial charge on any atom is -0.344 e. The normalized spacial score (nSPS) is 11.5. The van der Waals surface area contributed by atoms with Crippen molar-refractivity contribution >= 4 is 33.6 Å². The van der Waals surface area contributed by atoms with E-state index in [9.17, 15) is 0 Å². The van der Waals surface area contributed by atoms with Gasteiger partial charge in [-0.2, -0.15) is 5.10 Å². The number of fused-ring (bicyclic) bond motifs is 1. The lowest BCUT2D eigenvalue weighted by Gasteiger charge is -2.03. The molecule has 1 N–H and O–H groups in total. The first-order valence-corrected chi connectivity index (χ1v) is 9.53. The second-order valence-electron chi connectivity index (χ2n) is 6.03. The fourth-order valence-electron chi connectivity index (χ4n) is 3.25. The van der Waals surface area contributed by atoms with Crippen LogP contribution in [-0.4, -0.2) is 15.8 Å². The fraction of sp³-hybridized carbons (Fsp3) is 0.143. The van der Waals surface area contributed by atoms with Crippen LogP contribution in [0.4, 0.5) is 5.13 Å². The monoisotopic (exact) mass is 360 g/mol. The molecule has 2 aromatic heterocycles. The molecule has 0 unspecified atom stereocenters. The summed E-state index contributed by atoms with van der Waals surface area (Å²) in [6, 6.07) is 18.6. The Balaban J connectivity index is 1.58. The molecule has 130 valence electrons. The van der Waals surface area contributed by atoms with E-state index in [1.165, 1.54) is 16.6 Å². The van der Waals surface area contributed by atoms with Crippen molar-refractivity contribution in [1.82, 2.24) is 9.55 Å². The Kier molecular flexibility index (Phi) is 4.54. The molecule has 5 heteroatoms. The molecular formula is C21H20N4S. The van der Waals surface area contributed by atoms with Crippen molar-refractivity contribution in [3.8, 4) is 11.3 Å². The lowest BCUT2D eigenvalue weighted by atomic mass is 10.1. The zero-order valence-electron chi connectivity index (χ0n) is 14.8. The Morgan fingerprint density at radius 2 is 1.88 bits per heavy atom. The van der Waals surface area contributed by atoms with Crippen LogP contribution < -0.4 is 5.43 Å². The van der Waals surface area contributed by atoms with Gasteiger partial charge in [0.15, 0.2) is 0 Å². The number of benzene rings is 2. The molecule has 0 amide bonds. The van der Waals surface area contributed by atoms with Crippen molar-refractivity contribution in [2.24, 2.45) is 5.10 Å². The summed E-state index contributed by atoms with van der Waals surface area (Å²) in [6.45, 7) is 5.25. The molecule has 0 radical (unpaired) electrons. The number of thiazole rings is 1. The molecule has 2 heterocycles. The summed E-state index contributed by atoms with van der Waals surface area (Å²) >= 11 is 1.56. The van der Waals surface area contributed by atoms with Crippen LogP contribution in [0.1, 0.15) is 18.2 Å². The number of para-hydroxylation sites is 1. The summed E-state index contributed by atoms with van der Waals surface area (Å²) in [5.41, 5.74) is 8.77. The number of nitrogens with one attached hydrogen (secondary N) is 1. The van der Waals surface area contributed by atoms with E-state index in [1.54, 1.807) is 11.3 Å². The van der Waals surface area contributed by atoms with E-state index in [0.29, 0.717) is 0 Å². The molecule has 0 fully saturated rings. The smallest absolute Gasteiger partial charge is 0.203 e. The van der Waals surface area contributed by atoms with Crippen LogP contribution >= 0.6 is 11.3 Å². The summed E-state index contributed by atoms with van der Waals surface area (Å²) in [5, 5.41) is 8.49. The van der Waals surface area contributed by atoms with Crippen molar-refractivity contribution in [3.63, 3.8) is 0 Å². The van der Waals surface area contributed by atoms with Gasteiger partial charge in [-0.25, -0.2) is 4.98 Å². The summed E-state index contributed by atoms with van der Waals surface area (Å²) in [4.78, 5) is 4.61. The molecule has 0 aliphatic rings. The van der Waals surface area contributed by atoms with E-state index < -0.39 is 0 Å². The van der Waals surface area contributed by atoms with Crippen LogP contribution in [0.25, 0.3) is 22.2 Å². The van der Waals surface area contributed by atoms with Crippen LogP contribution in [0, 0.1) is 6.92 Å². The first kappa shape index (κ1) is 16.5. The quantitative estimate of drug-likeness (QED) is 0.375. The minimum absolute atomic E-state index is 0.789. The van der Waals surface area contributed by atoms with E-state index in [2.05, 4.69) is 70.3 Å². The van der Waals surface area contributed by atoms with Crippen molar-refractivity contribution < 1.29 is 0 Å². The lowest BCUT2D eigenvalue weighted by Crippen LogP contribution is -1.97. The van der Waals surface area contributed by atoms with E-state index in [-0.39, 0.29) is 0 Å². The Bertz CT molecular complexity index is 1060. The van der Waals surface area contributed by atoms with Gasteiger partial charge in [-0.3, -0.25) is 5.43 Å². The van der Waals surface area contributed by atoms with E-state index in [1.807, 2.05) is 29.8 Å². The van der Waals surface area contributed by atoms with Crippen LogP contribution in [-0.2, 0) is 6.54 Å². The number of hydrogen-bond donors (Lipinski definition) is 1. The van der Waals surface area contributed by atoms with E-state index in [0.717, 1.165) is 28.5 Å². The van der Waals surface area contributed by atoms with Crippen molar-refractivity contribution in [2.45, 2.75) is 20.4 Å². The standard InChI is InChI=1S/C21H20N4S/c1-3-25-15(2)18(17-11-7-8-12-20(17)25)13-22-24-21-23-19(14-26-21)16-9-5-4-6-10-16/h4-14H,3H2,1-2H3,(H,23,24)/b22-13-. The van der Waals surface area contributed by atoms with Gasteiger partial charge in [0.1, 0.15) is 0 Å². The van der Waals surface area contributed by atoms with Crippen LogP contribution in [0.15, 0.2) is 65.1 Å². The lowest BCUT2D eigenvalue weighted by molar-refractivity contribution is 0.769. The van der Waals surface area contributed by atoms with E-state index in [4.69, 9.17) is 0 Å². The number of hydrazone groups is 1. The predicted octanol–water partition coefficient (Wildman–Crippen LogP) is 5.54. The van der Waals surface area contributed by atoms with Gasteiger partial charge >= 0.3 is 0 Å². The van der Waals surface area contributed by atoms with Gasteiger partial charge in [0.2, 0.25) is 5.13 Å². The average Bonchev–Trinajstić information content (AvgIpc) is 3.26. The molecule has 0 bridgehead atoms. The van der Waals surface area contributed by atoms with Gasteiger partial charge in [0, 0.05) is 39.6 Å². The maximum absolute atomic E-state index is 4.61. The van der Waals surface area contributed by atoms with Gasteiger partial charge < -0.3 is 4.57 Å². The second kappa shape index (κ2) is 7.14. The number of rotatable bonds is 5. The summed E-state index contributed by atoms with van der Waals surface area (Å²) < 4.78 is 2.31. The third-order valence-corrected chi connectivity index (χ3v) is 5.27. The molecule has 0 aliphatic heterocycles. The summed E-state index contributed by atoms with van der Waals surface area (Å²) in [6.07, 6.45) is 1.90. The number of aromatic nitrogens is 2. The molecule has 4 rings (SSSR count). The number of anilines is 1. The molecule has 4 aromatic rings. The average molecular weight is 360 g/mol. The van der Waals surface area contributed by atoms with Gasteiger partial charge in [0.05, 0.1) is 11.9 Å². The Morgan fingerprint density at radius 1 is 1.12 bits per heavy atom. The maximum atomic E-state index is 4.61. The molecular weight excluding hydrogens is 340 g/mol. The van der Waals surface area contributed by atoms with Crippen molar-refractivity contribution in [2.75, 3.05) is 5.43 Å². The largest absolute Gasteiger partial charge is 0.344 e. The maximum Gasteiger partial charge on any atom is 0.203 e. The Hall–Kier alpha value is -2.92. The molecule has 26 heavy (non-hydrogen) atoms.